The molecule has 0 bridgehead atoms. The Morgan fingerprint density at radius 2 is 0.562 bits per heavy atom. The number of fused-ring (bicyclic) bond motifs is 3. The summed E-state index contributed by atoms with van der Waals surface area (Å²) in [6.07, 6.45) is 0. The molecule has 9 rings (SSSR count). The Bertz CT molecular complexity index is 2580. The van der Waals surface area contributed by atoms with Gasteiger partial charge in [-0.3, -0.25) is 0 Å². The lowest BCUT2D eigenvalue weighted by molar-refractivity contribution is 1.60. The van der Waals surface area contributed by atoms with Gasteiger partial charge in [-0.15, -0.1) is 0 Å². The van der Waals surface area contributed by atoms with Gasteiger partial charge in [0, 0.05) is 0 Å². The summed E-state index contributed by atoms with van der Waals surface area (Å²) in [5.74, 6) is 0. The smallest absolute Gasteiger partial charge is 0.00926 e. The van der Waals surface area contributed by atoms with E-state index >= 15 is 0 Å². The highest BCUT2D eigenvalue weighted by Crippen LogP contribution is 2.42. The van der Waals surface area contributed by atoms with Gasteiger partial charge in [0.05, 0.1) is 0 Å². The largest absolute Gasteiger partial charge is 0.0622 e. The highest BCUT2D eigenvalue weighted by molar-refractivity contribution is 6.09. The molecule has 0 atom stereocenters. The van der Waals surface area contributed by atoms with Gasteiger partial charge in [-0.1, -0.05) is 152 Å². The standard InChI is InChI=1S/C48H32/c1-4-12-33(13-5-1)39-23-21-35-22-25-41(28-42(35)27-39)44-30-46(37-17-8-3-9-18-37)47-31-43(40-24-20-34-14-10-11-19-38(34)26-40)29-45(48(47)32-44)36-15-6-2-7-16-36/h1-32H. The Hall–Kier alpha value is -6.24. The fourth-order valence-corrected chi connectivity index (χ4v) is 7.11. The van der Waals surface area contributed by atoms with Crippen molar-refractivity contribution in [2.75, 3.05) is 0 Å². The number of hydrogen-bond acceptors (Lipinski definition) is 0. The molecule has 0 aliphatic heterocycles. The molecule has 0 radical (unpaired) electrons. The van der Waals surface area contributed by atoms with Crippen molar-refractivity contribution in [1.82, 2.24) is 0 Å². The van der Waals surface area contributed by atoms with Gasteiger partial charge in [-0.25, -0.2) is 0 Å². The Kier molecular flexibility index (Phi) is 6.91. The first-order valence-electron chi connectivity index (χ1n) is 16.6. The summed E-state index contributed by atoms with van der Waals surface area (Å²) in [4.78, 5) is 0. The minimum atomic E-state index is 1.21. The van der Waals surface area contributed by atoms with E-state index in [-0.39, 0.29) is 0 Å². The van der Waals surface area contributed by atoms with Crippen LogP contribution in [-0.4, -0.2) is 0 Å². The van der Waals surface area contributed by atoms with Crippen molar-refractivity contribution in [3.8, 4) is 55.6 Å². The molecule has 9 aromatic rings. The maximum Gasteiger partial charge on any atom is -0.00926 e. The van der Waals surface area contributed by atoms with E-state index in [1.54, 1.807) is 0 Å². The normalized spacial score (nSPS) is 11.3. The quantitative estimate of drug-likeness (QED) is 0.182. The van der Waals surface area contributed by atoms with Gasteiger partial charge < -0.3 is 0 Å². The summed E-state index contributed by atoms with van der Waals surface area (Å²) < 4.78 is 0. The van der Waals surface area contributed by atoms with Crippen LogP contribution in [-0.2, 0) is 0 Å². The second kappa shape index (κ2) is 11.8. The molecule has 0 N–H and O–H groups in total. The molecule has 0 aliphatic carbocycles. The van der Waals surface area contributed by atoms with Crippen molar-refractivity contribution in [1.29, 1.82) is 0 Å². The topological polar surface area (TPSA) is 0 Å². The first kappa shape index (κ1) is 28.0. The SMILES string of the molecule is c1ccc(-c2ccc3ccc(-c4cc(-c5ccccc5)c5cc(-c6ccc7ccccc7c6)cc(-c6ccccc6)c5c4)cc3c2)cc1. The van der Waals surface area contributed by atoms with Gasteiger partial charge in [0.25, 0.3) is 0 Å². The van der Waals surface area contributed by atoms with Crippen LogP contribution in [0.2, 0.25) is 0 Å². The van der Waals surface area contributed by atoms with Crippen LogP contribution >= 0.6 is 0 Å². The van der Waals surface area contributed by atoms with E-state index in [0.29, 0.717) is 0 Å². The van der Waals surface area contributed by atoms with Crippen LogP contribution in [0.1, 0.15) is 0 Å². The molecule has 0 fully saturated rings. The first-order chi connectivity index (χ1) is 23.8. The van der Waals surface area contributed by atoms with Crippen LogP contribution in [0.3, 0.4) is 0 Å². The highest BCUT2D eigenvalue weighted by Gasteiger charge is 2.15. The molecule has 224 valence electrons. The number of benzene rings is 9. The molecule has 48 heavy (non-hydrogen) atoms. The Morgan fingerprint density at radius 1 is 0.188 bits per heavy atom. The van der Waals surface area contributed by atoms with Crippen LogP contribution in [0.15, 0.2) is 194 Å². The van der Waals surface area contributed by atoms with E-state index < -0.39 is 0 Å². The average Bonchev–Trinajstić information content (AvgIpc) is 3.17. The zero-order valence-corrected chi connectivity index (χ0v) is 26.5. The van der Waals surface area contributed by atoms with E-state index in [0.717, 1.165) is 0 Å². The summed E-state index contributed by atoms with van der Waals surface area (Å²) in [7, 11) is 0. The lowest BCUT2D eigenvalue weighted by atomic mass is 9.86. The van der Waals surface area contributed by atoms with E-state index in [4.69, 9.17) is 0 Å². The molecular weight excluding hydrogens is 577 g/mol. The first-order valence-corrected chi connectivity index (χ1v) is 16.6. The van der Waals surface area contributed by atoms with Crippen LogP contribution in [0.5, 0.6) is 0 Å². The zero-order chi connectivity index (χ0) is 31.9. The van der Waals surface area contributed by atoms with E-state index in [1.807, 2.05) is 0 Å². The predicted octanol–water partition coefficient (Wildman–Crippen LogP) is 13.5. The molecule has 0 saturated heterocycles. The number of hydrogen-bond donors (Lipinski definition) is 0. The van der Waals surface area contributed by atoms with Gasteiger partial charge >= 0.3 is 0 Å². The van der Waals surface area contributed by atoms with Crippen LogP contribution in [0.4, 0.5) is 0 Å². The minimum absolute atomic E-state index is 1.21. The molecule has 0 unspecified atom stereocenters. The van der Waals surface area contributed by atoms with Crippen LogP contribution in [0.25, 0.3) is 88.0 Å². The van der Waals surface area contributed by atoms with Crippen molar-refractivity contribution in [3.63, 3.8) is 0 Å². The summed E-state index contributed by atoms with van der Waals surface area (Å²) in [6.45, 7) is 0. The molecule has 0 aromatic heterocycles. The zero-order valence-electron chi connectivity index (χ0n) is 26.5. The Labute approximate surface area is 281 Å². The maximum atomic E-state index is 2.40. The van der Waals surface area contributed by atoms with Gasteiger partial charge in [0.1, 0.15) is 0 Å². The molecule has 0 heterocycles. The van der Waals surface area contributed by atoms with Crippen molar-refractivity contribution < 1.29 is 0 Å². The van der Waals surface area contributed by atoms with E-state index in [1.165, 1.54) is 88.0 Å². The third-order valence-corrected chi connectivity index (χ3v) is 9.60. The van der Waals surface area contributed by atoms with Crippen LogP contribution < -0.4 is 0 Å². The van der Waals surface area contributed by atoms with Crippen molar-refractivity contribution in [3.05, 3.63) is 194 Å². The van der Waals surface area contributed by atoms with Crippen molar-refractivity contribution in [2.24, 2.45) is 0 Å². The van der Waals surface area contributed by atoms with Gasteiger partial charge in [-0.2, -0.15) is 0 Å². The van der Waals surface area contributed by atoms with Crippen molar-refractivity contribution in [2.45, 2.75) is 0 Å². The fraction of sp³-hybridized carbons (Fsp3) is 0. The molecule has 0 saturated carbocycles. The van der Waals surface area contributed by atoms with Gasteiger partial charge in [0.15, 0.2) is 0 Å². The minimum Gasteiger partial charge on any atom is -0.0622 e. The second-order valence-electron chi connectivity index (χ2n) is 12.6. The van der Waals surface area contributed by atoms with E-state index in [2.05, 4.69) is 194 Å². The second-order valence-corrected chi connectivity index (χ2v) is 12.6. The Morgan fingerprint density at radius 3 is 1.06 bits per heavy atom. The molecular formula is C48H32. The monoisotopic (exact) mass is 608 g/mol. The van der Waals surface area contributed by atoms with Crippen molar-refractivity contribution >= 4 is 32.3 Å². The molecule has 0 heteroatoms. The fourth-order valence-electron chi connectivity index (χ4n) is 7.11. The predicted molar refractivity (Wildman–Crippen MR) is 206 cm³/mol. The summed E-state index contributed by atoms with van der Waals surface area (Å²) in [6, 6.07) is 70.9. The maximum absolute atomic E-state index is 2.40. The highest BCUT2D eigenvalue weighted by atomic mass is 14.2. The van der Waals surface area contributed by atoms with Crippen LogP contribution in [0, 0.1) is 0 Å². The van der Waals surface area contributed by atoms with Gasteiger partial charge in [0.2, 0.25) is 0 Å². The molecule has 0 aliphatic rings. The Balaban J connectivity index is 1.30. The molecule has 9 aromatic carbocycles. The summed E-state index contributed by atoms with van der Waals surface area (Å²) in [5, 5.41) is 7.49. The lowest BCUT2D eigenvalue weighted by Gasteiger charge is -2.17. The summed E-state index contributed by atoms with van der Waals surface area (Å²) in [5.41, 5.74) is 12.2. The average molecular weight is 609 g/mol. The summed E-state index contributed by atoms with van der Waals surface area (Å²) >= 11 is 0. The number of rotatable bonds is 5. The lowest BCUT2D eigenvalue weighted by Crippen LogP contribution is -1.91. The molecule has 0 nitrogen and oxygen atoms in total. The third kappa shape index (κ3) is 5.14. The molecule has 0 spiro atoms. The third-order valence-electron chi connectivity index (χ3n) is 9.60. The molecule has 0 amide bonds. The van der Waals surface area contributed by atoms with Gasteiger partial charge in [-0.05, 0) is 130 Å². The van der Waals surface area contributed by atoms with E-state index in [9.17, 15) is 0 Å².